The van der Waals surface area contributed by atoms with E-state index in [1.807, 2.05) is 18.2 Å². The van der Waals surface area contributed by atoms with Gasteiger partial charge in [0.15, 0.2) is 0 Å². The topological polar surface area (TPSA) is 40.5 Å². The Morgan fingerprint density at radius 1 is 1.37 bits per heavy atom. The molecule has 1 atom stereocenters. The fourth-order valence-corrected chi connectivity index (χ4v) is 2.42. The molecule has 0 saturated carbocycles. The maximum absolute atomic E-state index is 10.5. The Balaban J connectivity index is 2.97. The van der Waals surface area contributed by atoms with E-state index in [-0.39, 0.29) is 0 Å². The lowest BCUT2D eigenvalue weighted by Gasteiger charge is -2.31. The number of rotatable bonds is 5. The summed E-state index contributed by atoms with van der Waals surface area (Å²) in [7, 11) is 2.07. The molecule has 0 heterocycles. The van der Waals surface area contributed by atoms with Crippen LogP contribution in [0.2, 0.25) is 0 Å². The molecule has 0 aliphatic heterocycles. The highest BCUT2D eigenvalue weighted by atomic mass is 79.9. The van der Waals surface area contributed by atoms with Gasteiger partial charge in [0.1, 0.15) is 0 Å². The Labute approximate surface area is 123 Å². The van der Waals surface area contributed by atoms with Gasteiger partial charge in [0, 0.05) is 23.6 Å². The smallest absolute Gasteiger partial charge is 0.328 e. The molecule has 0 fully saturated rings. The van der Waals surface area contributed by atoms with Crippen LogP contribution in [-0.4, -0.2) is 24.2 Å². The third kappa shape index (κ3) is 4.39. The first-order valence-corrected chi connectivity index (χ1v) is 7.05. The average Bonchev–Trinajstić information content (AvgIpc) is 2.34. The zero-order chi connectivity index (χ0) is 14.6. The molecule has 1 N–H and O–H groups in total. The van der Waals surface area contributed by atoms with Gasteiger partial charge in [-0.2, -0.15) is 0 Å². The minimum atomic E-state index is -0.939. The summed E-state index contributed by atoms with van der Waals surface area (Å²) in [4.78, 5) is 12.7. The lowest BCUT2D eigenvalue weighted by molar-refractivity contribution is -0.131. The Kier molecular flexibility index (Phi) is 5.60. The average molecular weight is 326 g/mol. The number of hydrogen-bond donors (Lipinski definition) is 1. The van der Waals surface area contributed by atoms with Gasteiger partial charge in [-0.3, -0.25) is 0 Å². The maximum atomic E-state index is 10.5. The van der Waals surface area contributed by atoms with Crippen molar-refractivity contribution in [3.8, 4) is 0 Å². The molecule has 0 aliphatic rings. The second kappa shape index (κ2) is 6.75. The predicted octanol–water partition coefficient (Wildman–Crippen LogP) is 4.03. The van der Waals surface area contributed by atoms with Gasteiger partial charge in [0.2, 0.25) is 0 Å². The molecular weight excluding hydrogens is 306 g/mol. The third-order valence-electron chi connectivity index (χ3n) is 3.35. The predicted molar refractivity (Wildman–Crippen MR) is 83.5 cm³/mol. The van der Waals surface area contributed by atoms with E-state index in [1.54, 1.807) is 6.08 Å². The minimum absolute atomic E-state index is 0.428. The molecule has 104 valence electrons. The molecular formula is C15H20BrNO2. The molecule has 1 aromatic rings. The van der Waals surface area contributed by atoms with Gasteiger partial charge in [0.05, 0.1) is 5.69 Å². The summed E-state index contributed by atoms with van der Waals surface area (Å²) in [5, 5.41) is 8.61. The van der Waals surface area contributed by atoms with Crippen LogP contribution in [0.4, 0.5) is 5.69 Å². The van der Waals surface area contributed by atoms with Crippen LogP contribution >= 0.6 is 15.9 Å². The second-order valence-corrected chi connectivity index (χ2v) is 5.83. The molecule has 0 bridgehead atoms. The summed E-state index contributed by atoms with van der Waals surface area (Å²) in [6.45, 7) is 6.58. The van der Waals surface area contributed by atoms with Gasteiger partial charge in [0.25, 0.3) is 0 Å². The van der Waals surface area contributed by atoms with Crippen molar-refractivity contribution >= 4 is 33.7 Å². The highest BCUT2D eigenvalue weighted by Crippen LogP contribution is 2.29. The first-order valence-electron chi connectivity index (χ1n) is 6.26. The molecule has 0 amide bonds. The Hall–Kier alpha value is -1.29. The third-order valence-corrected chi connectivity index (χ3v) is 3.98. The van der Waals surface area contributed by atoms with Crippen molar-refractivity contribution in [3.63, 3.8) is 0 Å². The van der Waals surface area contributed by atoms with Crippen LogP contribution in [0.3, 0.4) is 0 Å². The Morgan fingerprint density at radius 2 is 2.00 bits per heavy atom. The molecule has 0 aromatic heterocycles. The molecule has 0 radical (unpaired) electrons. The van der Waals surface area contributed by atoms with Gasteiger partial charge >= 0.3 is 5.97 Å². The Morgan fingerprint density at radius 3 is 2.47 bits per heavy atom. The molecule has 1 aromatic carbocycles. The van der Waals surface area contributed by atoms with Gasteiger partial charge in [-0.25, -0.2) is 4.79 Å². The number of carboxylic acid groups (broad SMARTS) is 1. The van der Waals surface area contributed by atoms with E-state index in [1.165, 1.54) is 0 Å². The largest absolute Gasteiger partial charge is 0.478 e. The number of benzene rings is 1. The molecule has 3 nitrogen and oxygen atoms in total. The zero-order valence-electron chi connectivity index (χ0n) is 11.7. The van der Waals surface area contributed by atoms with Crippen molar-refractivity contribution < 1.29 is 9.90 Å². The Bertz CT molecular complexity index is 483. The van der Waals surface area contributed by atoms with Crippen LogP contribution in [-0.2, 0) is 4.79 Å². The van der Waals surface area contributed by atoms with Gasteiger partial charge in [-0.15, -0.1) is 0 Å². The van der Waals surface area contributed by atoms with E-state index in [9.17, 15) is 4.79 Å². The summed E-state index contributed by atoms with van der Waals surface area (Å²) in [5.41, 5.74) is 1.97. The fraction of sp³-hybridized carbons (Fsp3) is 0.400. The van der Waals surface area contributed by atoms with Crippen LogP contribution < -0.4 is 4.90 Å². The van der Waals surface area contributed by atoms with Crippen LogP contribution in [0.25, 0.3) is 6.08 Å². The number of halogens is 1. The quantitative estimate of drug-likeness (QED) is 0.831. The van der Waals surface area contributed by atoms with Crippen molar-refractivity contribution in [1.29, 1.82) is 0 Å². The summed E-state index contributed by atoms with van der Waals surface area (Å²) in [6, 6.07) is 6.28. The zero-order valence-corrected chi connectivity index (χ0v) is 13.3. The number of hydrogen-bond acceptors (Lipinski definition) is 2. The molecule has 0 aliphatic carbocycles. The van der Waals surface area contributed by atoms with E-state index in [0.717, 1.165) is 21.8 Å². The summed E-state index contributed by atoms with van der Waals surface area (Å²) in [5.74, 6) is -0.380. The van der Waals surface area contributed by atoms with Crippen molar-refractivity contribution in [2.24, 2.45) is 5.92 Å². The van der Waals surface area contributed by atoms with Crippen LogP contribution in [0.1, 0.15) is 26.3 Å². The van der Waals surface area contributed by atoms with Gasteiger partial charge in [-0.1, -0.05) is 19.9 Å². The summed E-state index contributed by atoms with van der Waals surface area (Å²) in [6.07, 6.45) is 2.73. The van der Waals surface area contributed by atoms with Gasteiger partial charge in [-0.05, 0) is 52.5 Å². The maximum Gasteiger partial charge on any atom is 0.328 e. The normalized spacial score (nSPS) is 12.9. The highest BCUT2D eigenvalue weighted by molar-refractivity contribution is 9.10. The lowest BCUT2D eigenvalue weighted by Crippen LogP contribution is -2.33. The fourth-order valence-electron chi connectivity index (χ4n) is 1.75. The summed E-state index contributed by atoms with van der Waals surface area (Å²) >= 11 is 3.55. The van der Waals surface area contributed by atoms with E-state index in [4.69, 9.17) is 5.11 Å². The molecule has 1 unspecified atom stereocenters. The number of nitrogens with zero attached hydrogens (tertiary/aromatic N) is 1. The second-order valence-electron chi connectivity index (χ2n) is 4.98. The number of carboxylic acids is 1. The first kappa shape index (κ1) is 15.8. The van der Waals surface area contributed by atoms with Crippen LogP contribution in [0.5, 0.6) is 0 Å². The number of aliphatic carboxylic acids is 1. The summed E-state index contributed by atoms with van der Waals surface area (Å²) < 4.78 is 0.968. The number of anilines is 1. The van der Waals surface area contributed by atoms with E-state index < -0.39 is 5.97 Å². The van der Waals surface area contributed by atoms with Crippen molar-refractivity contribution in [2.75, 3.05) is 11.9 Å². The monoisotopic (exact) mass is 325 g/mol. The van der Waals surface area contributed by atoms with Crippen molar-refractivity contribution in [2.45, 2.75) is 26.8 Å². The minimum Gasteiger partial charge on any atom is -0.478 e. The van der Waals surface area contributed by atoms with E-state index in [2.05, 4.69) is 48.6 Å². The van der Waals surface area contributed by atoms with Crippen molar-refractivity contribution in [1.82, 2.24) is 0 Å². The SMILES string of the molecule is CC(C)C(C)N(C)c1ccc(/C=C/C(=O)O)cc1Br. The van der Waals surface area contributed by atoms with Crippen LogP contribution in [0, 0.1) is 5.92 Å². The van der Waals surface area contributed by atoms with Gasteiger partial charge < -0.3 is 10.0 Å². The van der Waals surface area contributed by atoms with E-state index >= 15 is 0 Å². The standard InChI is InChI=1S/C15H20BrNO2/c1-10(2)11(3)17(4)14-7-5-12(9-13(14)16)6-8-15(18)19/h5-11H,1-4H3,(H,18,19)/b8-6+. The molecule has 4 heteroatoms. The first-order chi connectivity index (χ1) is 8.82. The molecule has 0 saturated heterocycles. The lowest BCUT2D eigenvalue weighted by atomic mass is 10.0. The van der Waals surface area contributed by atoms with Crippen molar-refractivity contribution in [3.05, 3.63) is 34.3 Å². The highest BCUT2D eigenvalue weighted by Gasteiger charge is 2.15. The van der Waals surface area contributed by atoms with Crippen LogP contribution in [0.15, 0.2) is 28.7 Å². The molecule has 19 heavy (non-hydrogen) atoms. The molecule has 0 spiro atoms. The molecule has 1 rings (SSSR count). The number of carbonyl (C=O) groups is 1. The van der Waals surface area contributed by atoms with E-state index in [0.29, 0.717) is 12.0 Å².